The van der Waals surface area contributed by atoms with Gasteiger partial charge < -0.3 is 10.2 Å². The van der Waals surface area contributed by atoms with Crippen molar-refractivity contribution >= 4 is 9.84 Å². The molecule has 5 nitrogen and oxygen atoms in total. The Morgan fingerprint density at radius 3 is 3.06 bits per heavy atom. The van der Waals surface area contributed by atoms with Crippen molar-refractivity contribution in [2.45, 2.75) is 31.6 Å². The van der Waals surface area contributed by atoms with Crippen LogP contribution >= 0.6 is 0 Å². The van der Waals surface area contributed by atoms with Gasteiger partial charge in [0.05, 0.1) is 17.7 Å². The second kappa shape index (κ2) is 4.78. The minimum Gasteiger partial charge on any atom is -0.445 e. The zero-order valence-electron chi connectivity index (χ0n) is 9.93. The molecule has 0 bridgehead atoms. The van der Waals surface area contributed by atoms with Crippen molar-refractivity contribution in [1.82, 2.24) is 4.98 Å². The lowest BCUT2D eigenvalue weighted by molar-refractivity contribution is 0.396. The molecule has 0 saturated carbocycles. The van der Waals surface area contributed by atoms with Crippen LogP contribution in [0.15, 0.2) is 10.6 Å². The van der Waals surface area contributed by atoms with Gasteiger partial charge in [-0.25, -0.2) is 13.4 Å². The predicted octanol–water partition coefficient (Wildman–Crippen LogP) is 1.03. The SMILES string of the molecule is CC(CN)c1cnc(C2CCCS(=O)(=O)C2)o1. The van der Waals surface area contributed by atoms with E-state index in [1.54, 1.807) is 6.20 Å². The molecule has 2 N–H and O–H groups in total. The fourth-order valence-electron chi connectivity index (χ4n) is 2.05. The van der Waals surface area contributed by atoms with Crippen molar-refractivity contribution in [2.75, 3.05) is 18.1 Å². The van der Waals surface area contributed by atoms with E-state index >= 15 is 0 Å². The third-order valence-corrected chi connectivity index (χ3v) is 5.01. The van der Waals surface area contributed by atoms with Crippen LogP contribution in [0.25, 0.3) is 0 Å². The Labute approximate surface area is 101 Å². The minimum atomic E-state index is -2.92. The Morgan fingerprint density at radius 2 is 2.41 bits per heavy atom. The predicted molar refractivity (Wildman–Crippen MR) is 64.6 cm³/mol. The molecule has 1 aromatic rings. The molecule has 2 unspecified atom stereocenters. The third kappa shape index (κ3) is 2.87. The maximum atomic E-state index is 11.5. The summed E-state index contributed by atoms with van der Waals surface area (Å²) in [6.45, 7) is 2.46. The molecule has 0 radical (unpaired) electrons. The van der Waals surface area contributed by atoms with Crippen molar-refractivity contribution in [2.24, 2.45) is 5.73 Å². The van der Waals surface area contributed by atoms with E-state index in [1.165, 1.54) is 0 Å². The van der Waals surface area contributed by atoms with Gasteiger partial charge in [-0.3, -0.25) is 0 Å². The van der Waals surface area contributed by atoms with E-state index in [1.807, 2.05) is 6.92 Å². The number of nitrogens with two attached hydrogens (primary N) is 1. The highest BCUT2D eigenvalue weighted by Gasteiger charge is 2.29. The Morgan fingerprint density at radius 1 is 1.65 bits per heavy atom. The van der Waals surface area contributed by atoms with E-state index in [2.05, 4.69) is 4.98 Å². The van der Waals surface area contributed by atoms with Crippen LogP contribution in [0.1, 0.15) is 43.3 Å². The molecule has 1 aliphatic heterocycles. The van der Waals surface area contributed by atoms with Gasteiger partial charge in [-0.1, -0.05) is 6.92 Å². The normalized spacial score (nSPS) is 25.6. The van der Waals surface area contributed by atoms with E-state index in [4.69, 9.17) is 10.2 Å². The zero-order chi connectivity index (χ0) is 12.5. The number of rotatable bonds is 3. The number of aromatic nitrogens is 1. The van der Waals surface area contributed by atoms with Gasteiger partial charge in [0.2, 0.25) is 0 Å². The highest BCUT2D eigenvalue weighted by molar-refractivity contribution is 7.91. The standard InChI is InChI=1S/C11H18N2O3S/c1-8(5-12)10-6-13-11(16-10)9-3-2-4-17(14,15)7-9/h6,8-9H,2-5,7,12H2,1H3. The monoisotopic (exact) mass is 258 g/mol. The lowest BCUT2D eigenvalue weighted by atomic mass is 10.1. The summed E-state index contributed by atoms with van der Waals surface area (Å²) >= 11 is 0. The van der Waals surface area contributed by atoms with E-state index in [9.17, 15) is 8.42 Å². The van der Waals surface area contributed by atoms with E-state index in [0.717, 1.165) is 12.2 Å². The first-order valence-electron chi connectivity index (χ1n) is 5.88. The van der Waals surface area contributed by atoms with Crippen LogP contribution < -0.4 is 5.73 Å². The maximum Gasteiger partial charge on any atom is 0.198 e. The van der Waals surface area contributed by atoms with Gasteiger partial charge in [-0.2, -0.15) is 0 Å². The number of hydrogen-bond acceptors (Lipinski definition) is 5. The summed E-state index contributed by atoms with van der Waals surface area (Å²) in [6, 6.07) is 0. The Hall–Kier alpha value is -0.880. The molecule has 1 fully saturated rings. The Kier molecular flexibility index (Phi) is 3.53. The highest BCUT2D eigenvalue weighted by Crippen LogP contribution is 2.29. The largest absolute Gasteiger partial charge is 0.445 e. The van der Waals surface area contributed by atoms with Crippen molar-refractivity contribution in [3.05, 3.63) is 17.8 Å². The summed E-state index contributed by atoms with van der Waals surface area (Å²) in [7, 11) is -2.92. The fraction of sp³-hybridized carbons (Fsp3) is 0.727. The van der Waals surface area contributed by atoms with Crippen LogP contribution in [-0.4, -0.2) is 31.5 Å². The van der Waals surface area contributed by atoms with Gasteiger partial charge in [-0.05, 0) is 12.8 Å². The summed E-state index contributed by atoms with van der Waals surface area (Å²) in [4.78, 5) is 4.19. The average molecular weight is 258 g/mol. The number of nitrogens with zero attached hydrogens (tertiary/aromatic N) is 1. The topological polar surface area (TPSA) is 86.2 Å². The van der Waals surface area contributed by atoms with Crippen LogP contribution in [0.2, 0.25) is 0 Å². The van der Waals surface area contributed by atoms with E-state index < -0.39 is 9.84 Å². The summed E-state index contributed by atoms with van der Waals surface area (Å²) in [5, 5.41) is 0. The van der Waals surface area contributed by atoms with E-state index in [-0.39, 0.29) is 23.3 Å². The van der Waals surface area contributed by atoms with Crippen LogP contribution in [0, 0.1) is 0 Å². The van der Waals surface area contributed by atoms with Gasteiger partial charge in [0.15, 0.2) is 15.7 Å². The molecule has 1 saturated heterocycles. The van der Waals surface area contributed by atoms with Crippen LogP contribution in [-0.2, 0) is 9.84 Å². The van der Waals surface area contributed by atoms with Crippen molar-refractivity contribution < 1.29 is 12.8 Å². The van der Waals surface area contributed by atoms with Crippen molar-refractivity contribution in [1.29, 1.82) is 0 Å². The molecule has 1 aliphatic rings. The van der Waals surface area contributed by atoms with Gasteiger partial charge in [0.1, 0.15) is 5.76 Å². The van der Waals surface area contributed by atoms with Crippen molar-refractivity contribution in [3.63, 3.8) is 0 Å². The molecule has 2 heterocycles. The average Bonchev–Trinajstić information content (AvgIpc) is 2.76. The number of hydrogen-bond donors (Lipinski definition) is 1. The number of sulfone groups is 1. The summed E-state index contributed by atoms with van der Waals surface area (Å²) < 4.78 is 28.7. The van der Waals surface area contributed by atoms with Crippen molar-refractivity contribution in [3.8, 4) is 0 Å². The van der Waals surface area contributed by atoms with Gasteiger partial charge in [0.25, 0.3) is 0 Å². The lowest BCUT2D eigenvalue weighted by Crippen LogP contribution is -2.23. The Balaban J connectivity index is 2.15. The van der Waals surface area contributed by atoms with Gasteiger partial charge in [-0.15, -0.1) is 0 Å². The second-order valence-electron chi connectivity index (χ2n) is 4.69. The quantitative estimate of drug-likeness (QED) is 0.875. The first-order valence-corrected chi connectivity index (χ1v) is 7.70. The first-order chi connectivity index (χ1) is 8.02. The van der Waals surface area contributed by atoms with E-state index in [0.29, 0.717) is 18.9 Å². The van der Waals surface area contributed by atoms with Gasteiger partial charge in [0, 0.05) is 18.4 Å². The van der Waals surface area contributed by atoms with Crippen LogP contribution in [0.4, 0.5) is 0 Å². The second-order valence-corrected chi connectivity index (χ2v) is 6.92. The van der Waals surface area contributed by atoms with Gasteiger partial charge >= 0.3 is 0 Å². The molecule has 1 aromatic heterocycles. The molecular formula is C11H18N2O3S. The molecule has 6 heteroatoms. The molecule has 0 spiro atoms. The molecule has 2 rings (SSSR count). The third-order valence-electron chi connectivity index (χ3n) is 3.19. The summed E-state index contributed by atoms with van der Waals surface area (Å²) in [6.07, 6.45) is 3.18. The zero-order valence-corrected chi connectivity index (χ0v) is 10.7. The fourth-order valence-corrected chi connectivity index (χ4v) is 3.75. The maximum absolute atomic E-state index is 11.5. The highest BCUT2D eigenvalue weighted by atomic mass is 32.2. The summed E-state index contributed by atoms with van der Waals surface area (Å²) in [5.74, 6) is 1.76. The minimum absolute atomic E-state index is 0.0903. The molecule has 0 aromatic carbocycles. The number of oxazole rings is 1. The molecule has 0 aliphatic carbocycles. The molecule has 2 atom stereocenters. The molecule has 0 amide bonds. The molecular weight excluding hydrogens is 240 g/mol. The lowest BCUT2D eigenvalue weighted by Gasteiger charge is -2.18. The molecule has 17 heavy (non-hydrogen) atoms. The summed E-state index contributed by atoms with van der Waals surface area (Å²) in [5.41, 5.74) is 5.55. The van der Waals surface area contributed by atoms with Crippen LogP contribution in [0.5, 0.6) is 0 Å². The first kappa shape index (κ1) is 12.6. The van der Waals surface area contributed by atoms with Crippen LogP contribution in [0.3, 0.4) is 0 Å². The Bertz CT molecular complexity index is 481. The molecule has 96 valence electrons. The smallest absolute Gasteiger partial charge is 0.198 e.